The standard InChI is InChI=1S/C11H12N2O2/c1-6-4-10-9(5-8(6)11(14)15)7(2)13(3)12-10/h4-5H,1-3H3,(H,14,15). The van der Waals surface area contributed by atoms with E-state index in [4.69, 9.17) is 5.11 Å². The van der Waals surface area contributed by atoms with Crippen LogP contribution in [0.25, 0.3) is 10.9 Å². The first-order valence-corrected chi connectivity index (χ1v) is 4.68. The van der Waals surface area contributed by atoms with Gasteiger partial charge in [-0.05, 0) is 31.5 Å². The maximum absolute atomic E-state index is 11.0. The van der Waals surface area contributed by atoms with Gasteiger partial charge in [0.1, 0.15) is 0 Å². The molecule has 2 aromatic rings. The van der Waals surface area contributed by atoms with Crippen LogP contribution in [0.5, 0.6) is 0 Å². The van der Waals surface area contributed by atoms with Crippen LogP contribution in [0.15, 0.2) is 12.1 Å². The first kappa shape index (κ1) is 9.71. The molecule has 0 spiro atoms. The molecule has 0 unspecified atom stereocenters. The van der Waals surface area contributed by atoms with E-state index >= 15 is 0 Å². The highest BCUT2D eigenvalue weighted by molar-refractivity contribution is 5.95. The van der Waals surface area contributed by atoms with Crippen LogP contribution < -0.4 is 0 Å². The number of hydrogen-bond acceptors (Lipinski definition) is 2. The van der Waals surface area contributed by atoms with Crippen LogP contribution in [0.4, 0.5) is 0 Å². The summed E-state index contributed by atoms with van der Waals surface area (Å²) in [5, 5.41) is 14.2. The van der Waals surface area contributed by atoms with E-state index in [0.717, 1.165) is 22.2 Å². The third-order valence-electron chi connectivity index (χ3n) is 2.71. The van der Waals surface area contributed by atoms with E-state index in [-0.39, 0.29) is 0 Å². The first-order valence-electron chi connectivity index (χ1n) is 4.68. The van der Waals surface area contributed by atoms with Crippen molar-refractivity contribution in [1.82, 2.24) is 9.78 Å². The normalized spacial score (nSPS) is 10.9. The maximum atomic E-state index is 11.0. The number of aromatic carboxylic acids is 1. The Balaban J connectivity index is 2.83. The van der Waals surface area contributed by atoms with E-state index in [0.29, 0.717) is 5.56 Å². The Morgan fingerprint density at radius 1 is 1.40 bits per heavy atom. The largest absolute Gasteiger partial charge is 0.478 e. The Bertz CT molecular complexity index is 555. The molecule has 4 nitrogen and oxygen atoms in total. The Labute approximate surface area is 87.1 Å². The quantitative estimate of drug-likeness (QED) is 0.771. The van der Waals surface area contributed by atoms with Crippen molar-refractivity contribution in [2.45, 2.75) is 13.8 Å². The van der Waals surface area contributed by atoms with E-state index in [9.17, 15) is 4.79 Å². The summed E-state index contributed by atoms with van der Waals surface area (Å²) < 4.78 is 1.76. The zero-order chi connectivity index (χ0) is 11.2. The van der Waals surface area contributed by atoms with Gasteiger partial charge in [0.2, 0.25) is 0 Å². The van der Waals surface area contributed by atoms with E-state index in [1.807, 2.05) is 20.0 Å². The van der Waals surface area contributed by atoms with Crippen molar-refractivity contribution in [1.29, 1.82) is 0 Å². The van der Waals surface area contributed by atoms with Crippen molar-refractivity contribution in [2.24, 2.45) is 7.05 Å². The lowest BCUT2D eigenvalue weighted by Gasteiger charge is -2.00. The maximum Gasteiger partial charge on any atom is 0.335 e. The number of carboxylic acid groups (broad SMARTS) is 1. The van der Waals surface area contributed by atoms with Crippen LogP contribution in [0.3, 0.4) is 0 Å². The lowest BCUT2D eigenvalue weighted by Crippen LogP contribution is -1.99. The molecule has 1 aromatic carbocycles. The summed E-state index contributed by atoms with van der Waals surface area (Å²) in [6.45, 7) is 3.71. The molecule has 15 heavy (non-hydrogen) atoms. The van der Waals surface area contributed by atoms with Crippen molar-refractivity contribution >= 4 is 16.9 Å². The minimum atomic E-state index is -0.891. The summed E-state index contributed by atoms with van der Waals surface area (Å²) in [5.74, 6) is -0.891. The van der Waals surface area contributed by atoms with E-state index in [1.54, 1.807) is 17.7 Å². The third kappa shape index (κ3) is 1.38. The van der Waals surface area contributed by atoms with Gasteiger partial charge in [-0.1, -0.05) is 0 Å². The summed E-state index contributed by atoms with van der Waals surface area (Å²) in [6.07, 6.45) is 0. The topological polar surface area (TPSA) is 55.1 Å². The van der Waals surface area contributed by atoms with E-state index in [1.165, 1.54) is 0 Å². The van der Waals surface area contributed by atoms with Crippen LogP contribution in [-0.2, 0) is 7.05 Å². The fourth-order valence-corrected chi connectivity index (χ4v) is 1.71. The number of aryl methyl sites for hydroxylation is 3. The van der Waals surface area contributed by atoms with Crippen molar-refractivity contribution in [3.8, 4) is 0 Å². The molecule has 0 saturated heterocycles. The second-order valence-electron chi connectivity index (χ2n) is 3.70. The molecule has 1 aromatic heterocycles. The highest BCUT2D eigenvalue weighted by Gasteiger charge is 2.12. The van der Waals surface area contributed by atoms with Crippen molar-refractivity contribution < 1.29 is 9.90 Å². The summed E-state index contributed by atoms with van der Waals surface area (Å²) >= 11 is 0. The zero-order valence-electron chi connectivity index (χ0n) is 8.90. The minimum Gasteiger partial charge on any atom is -0.478 e. The first-order chi connectivity index (χ1) is 7.00. The molecule has 0 amide bonds. The van der Waals surface area contributed by atoms with E-state index in [2.05, 4.69) is 5.10 Å². The molecular weight excluding hydrogens is 192 g/mol. The number of aromatic nitrogens is 2. The van der Waals surface area contributed by atoms with Gasteiger partial charge in [0.05, 0.1) is 11.1 Å². The average Bonchev–Trinajstić information content (AvgIpc) is 2.41. The zero-order valence-corrected chi connectivity index (χ0v) is 8.90. The Morgan fingerprint density at radius 2 is 2.07 bits per heavy atom. The van der Waals surface area contributed by atoms with Gasteiger partial charge in [0.15, 0.2) is 0 Å². The molecule has 4 heteroatoms. The average molecular weight is 204 g/mol. The molecule has 0 aliphatic rings. The van der Waals surface area contributed by atoms with Crippen LogP contribution in [-0.4, -0.2) is 20.9 Å². The van der Waals surface area contributed by atoms with Gasteiger partial charge in [-0.2, -0.15) is 5.10 Å². The van der Waals surface area contributed by atoms with E-state index < -0.39 is 5.97 Å². The van der Waals surface area contributed by atoms with Crippen molar-refractivity contribution in [2.75, 3.05) is 0 Å². The molecule has 0 atom stereocenters. The number of fused-ring (bicyclic) bond motifs is 1. The number of hydrogen-bond donors (Lipinski definition) is 1. The second kappa shape index (κ2) is 3.08. The molecule has 78 valence electrons. The van der Waals surface area contributed by atoms with Gasteiger partial charge in [-0.3, -0.25) is 4.68 Å². The number of rotatable bonds is 1. The third-order valence-corrected chi connectivity index (χ3v) is 2.71. The molecule has 1 N–H and O–H groups in total. The van der Waals surface area contributed by atoms with Crippen LogP contribution in [0.2, 0.25) is 0 Å². The molecule has 0 bridgehead atoms. The SMILES string of the molecule is Cc1cc2nn(C)c(C)c2cc1C(=O)O. The molecular formula is C11H12N2O2. The summed E-state index contributed by atoms with van der Waals surface area (Å²) in [5.41, 5.74) is 2.91. The van der Waals surface area contributed by atoms with Gasteiger partial charge < -0.3 is 5.11 Å². The predicted molar refractivity (Wildman–Crippen MR) is 57.1 cm³/mol. The summed E-state index contributed by atoms with van der Waals surface area (Å²) in [4.78, 5) is 11.0. The molecule has 1 heterocycles. The molecule has 2 rings (SSSR count). The smallest absolute Gasteiger partial charge is 0.335 e. The number of carbonyl (C=O) groups is 1. The predicted octanol–water partition coefficient (Wildman–Crippen LogP) is 1.89. The van der Waals surface area contributed by atoms with Gasteiger partial charge in [-0.15, -0.1) is 0 Å². The number of nitrogens with zero attached hydrogens (tertiary/aromatic N) is 2. The van der Waals surface area contributed by atoms with Crippen LogP contribution in [0, 0.1) is 13.8 Å². The fourth-order valence-electron chi connectivity index (χ4n) is 1.71. The second-order valence-corrected chi connectivity index (χ2v) is 3.70. The van der Waals surface area contributed by atoms with Crippen molar-refractivity contribution in [3.63, 3.8) is 0 Å². The molecule has 0 saturated carbocycles. The Morgan fingerprint density at radius 3 is 2.67 bits per heavy atom. The molecule has 0 fully saturated rings. The van der Waals surface area contributed by atoms with Gasteiger partial charge in [0.25, 0.3) is 0 Å². The molecule has 0 radical (unpaired) electrons. The van der Waals surface area contributed by atoms with Crippen LogP contribution in [0.1, 0.15) is 21.6 Å². The lowest BCUT2D eigenvalue weighted by atomic mass is 10.1. The van der Waals surface area contributed by atoms with Gasteiger partial charge in [0, 0.05) is 18.1 Å². The number of benzene rings is 1. The van der Waals surface area contributed by atoms with Crippen molar-refractivity contribution in [3.05, 3.63) is 29.0 Å². The monoisotopic (exact) mass is 204 g/mol. The fraction of sp³-hybridized carbons (Fsp3) is 0.273. The Hall–Kier alpha value is -1.84. The van der Waals surface area contributed by atoms with Gasteiger partial charge >= 0.3 is 5.97 Å². The summed E-state index contributed by atoms with van der Waals surface area (Å²) in [6, 6.07) is 3.50. The van der Waals surface area contributed by atoms with Gasteiger partial charge in [-0.25, -0.2) is 4.79 Å². The molecule has 0 aliphatic heterocycles. The van der Waals surface area contributed by atoms with Crippen LogP contribution >= 0.6 is 0 Å². The lowest BCUT2D eigenvalue weighted by molar-refractivity contribution is 0.0696. The summed E-state index contributed by atoms with van der Waals surface area (Å²) in [7, 11) is 1.85. The highest BCUT2D eigenvalue weighted by Crippen LogP contribution is 2.21. The Kier molecular flexibility index (Phi) is 2.00. The highest BCUT2D eigenvalue weighted by atomic mass is 16.4. The molecule has 0 aliphatic carbocycles. The minimum absolute atomic E-state index is 0.346. The number of carboxylic acids is 1.